The van der Waals surface area contributed by atoms with Crippen LogP contribution in [0.15, 0.2) is 0 Å². The maximum atomic E-state index is 12.3. The minimum absolute atomic E-state index is 0.0247. The lowest BCUT2D eigenvalue weighted by molar-refractivity contribution is -0.138. The van der Waals surface area contributed by atoms with Crippen molar-refractivity contribution in [2.45, 2.75) is 32.2 Å². The quantitative estimate of drug-likeness (QED) is 0.840. The molecular weight excluding hydrogens is 264 g/mol. The Morgan fingerprint density at radius 3 is 2.79 bits per heavy atom. The first-order valence-electron chi connectivity index (χ1n) is 6.68. The number of rotatable bonds is 5. The molecule has 1 heterocycles. The number of carbonyl (C=O) groups is 2. The Hall–Kier alpha value is -0.910. The second kappa shape index (κ2) is 7.62. The third-order valence-electron chi connectivity index (χ3n) is 3.62. The maximum absolute atomic E-state index is 12.3. The fraction of sp³-hybridized carbons (Fsp3) is 0.846. The van der Waals surface area contributed by atoms with Gasteiger partial charge in [-0.2, -0.15) is 11.8 Å². The molecular formula is C13H24N2O3S. The van der Waals surface area contributed by atoms with E-state index >= 15 is 0 Å². The van der Waals surface area contributed by atoms with E-state index in [2.05, 4.69) is 0 Å². The third-order valence-corrected chi connectivity index (χ3v) is 4.44. The highest BCUT2D eigenvalue weighted by Crippen LogP contribution is 2.21. The molecule has 0 saturated carbocycles. The molecule has 0 aromatic heterocycles. The molecule has 0 aromatic rings. The highest BCUT2D eigenvalue weighted by molar-refractivity contribution is 7.98. The summed E-state index contributed by atoms with van der Waals surface area (Å²) in [5.41, 5.74) is 0. The van der Waals surface area contributed by atoms with E-state index in [1.54, 1.807) is 21.6 Å². The number of aliphatic carboxylic acids is 1. The number of amides is 2. The Bertz CT molecular complexity index is 325. The van der Waals surface area contributed by atoms with Crippen LogP contribution in [0.25, 0.3) is 0 Å². The summed E-state index contributed by atoms with van der Waals surface area (Å²) in [6, 6.07) is 0.221. The molecule has 2 amide bonds. The number of piperidine rings is 1. The van der Waals surface area contributed by atoms with Crippen molar-refractivity contribution < 1.29 is 14.7 Å². The monoisotopic (exact) mass is 288 g/mol. The van der Waals surface area contributed by atoms with Crippen molar-refractivity contribution in [2.24, 2.45) is 5.92 Å². The smallest absolute Gasteiger partial charge is 0.320 e. The molecule has 1 N–H and O–H groups in total. The van der Waals surface area contributed by atoms with Gasteiger partial charge in [0.05, 0.1) is 0 Å². The second-order valence-corrected chi connectivity index (χ2v) is 6.16. The third kappa shape index (κ3) is 4.93. The van der Waals surface area contributed by atoms with Crippen molar-refractivity contribution in [1.29, 1.82) is 0 Å². The number of nitrogens with zero attached hydrogens (tertiary/aromatic N) is 2. The molecule has 5 nitrogen and oxygen atoms in total. The van der Waals surface area contributed by atoms with Crippen LogP contribution < -0.4 is 0 Å². The van der Waals surface area contributed by atoms with Gasteiger partial charge < -0.3 is 14.9 Å². The van der Waals surface area contributed by atoms with Gasteiger partial charge in [-0.15, -0.1) is 0 Å². The first-order valence-corrected chi connectivity index (χ1v) is 8.07. The number of carboxylic acid groups (broad SMARTS) is 1. The van der Waals surface area contributed by atoms with E-state index in [0.717, 1.165) is 25.1 Å². The minimum atomic E-state index is -0.775. The van der Waals surface area contributed by atoms with Crippen molar-refractivity contribution in [1.82, 2.24) is 9.80 Å². The van der Waals surface area contributed by atoms with Crippen molar-refractivity contribution in [3.05, 3.63) is 0 Å². The standard InChI is InChI=1S/C13H24N2O3S/c1-10(9-19-3)14(2)13(18)15-6-4-5-11(8-15)7-12(16)17/h10-11H,4-9H2,1-3H3,(H,16,17). The van der Waals surface area contributed by atoms with E-state index in [4.69, 9.17) is 5.11 Å². The largest absolute Gasteiger partial charge is 0.481 e. The number of hydrogen-bond acceptors (Lipinski definition) is 3. The summed E-state index contributed by atoms with van der Waals surface area (Å²) in [6.07, 6.45) is 3.99. The van der Waals surface area contributed by atoms with E-state index in [1.807, 2.05) is 20.2 Å². The van der Waals surface area contributed by atoms with Crippen molar-refractivity contribution in [3.8, 4) is 0 Å². The summed E-state index contributed by atoms with van der Waals surface area (Å²) >= 11 is 1.72. The summed E-state index contributed by atoms with van der Waals surface area (Å²) in [4.78, 5) is 26.7. The first kappa shape index (κ1) is 16.1. The van der Waals surface area contributed by atoms with Crippen LogP contribution in [0.1, 0.15) is 26.2 Å². The molecule has 1 aliphatic heterocycles. The predicted octanol–water partition coefficient (Wildman–Crippen LogP) is 1.98. The van der Waals surface area contributed by atoms with Gasteiger partial charge in [0, 0.05) is 38.4 Å². The number of hydrogen-bond donors (Lipinski definition) is 1. The van der Waals surface area contributed by atoms with Crippen LogP contribution in [0.2, 0.25) is 0 Å². The van der Waals surface area contributed by atoms with Crippen LogP contribution in [0.5, 0.6) is 0 Å². The Balaban J connectivity index is 2.53. The highest BCUT2D eigenvalue weighted by atomic mass is 32.2. The summed E-state index contributed by atoms with van der Waals surface area (Å²) in [7, 11) is 1.82. The molecule has 1 aliphatic rings. The zero-order valence-corrected chi connectivity index (χ0v) is 12.8. The summed E-state index contributed by atoms with van der Waals surface area (Å²) in [5.74, 6) is 0.233. The summed E-state index contributed by atoms with van der Waals surface area (Å²) < 4.78 is 0. The minimum Gasteiger partial charge on any atom is -0.481 e. The molecule has 19 heavy (non-hydrogen) atoms. The van der Waals surface area contributed by atoms with Crippen molar-refractivity contribution in [3.63, 3.8) is 0 Å². The molecule has 0 aromatic carbocycles. The van der Waals surface area contributed by atoms with Gasteiger partial charge in [0.25, 0.3) is 0 Å². The van der Waals surface area contributed by atoms with Crippen molar-refractivity contribution >= 4 is 23.8 Å². The molecule has 0 radical (unpaired) electrons. The number of urea groups is 1. The van der Waals surface area contributed by atoms with Gasteiger partial charge in [-0.3, -0.25) is 4.79 Å². The molecule has 1 fully saturated rings. The molecule has 0 spiro atoms. The van der Waals surface area contributed by atoms with Gasteiger partial charge in [-0.25, -0.2) is 4.79 Å². The average Bonchev–Trinajstić information content (AvgIpc) is 2.36. The lowest BCUT2D eigenvalue weighted by Crippen LogP contribution is -2.49. The van der Waals surface area contributed by atoms with E-state index in [0.29, 0.717) is 6.54 Å². The van der Waals surface area contributed by atoms with Gasteiger partial charge in [0.15, 0.2) is 0 Å². The zero-order chi connectivity index (χ0) is 14.4. The number of likely N-dealkylation sites (tertiary alicyclic amines) is 1. The lowest BCUT2D eigenvalue weighted by atomic mass is 9.95. The molecule has 6 heteroatoms. The predicted molar refractivity (Wildman–Crippen MR) is 77.6 cm³/mol. The summed E-state index contributed by atoms with van der Waals surface area (Å²) in [5, 5.41) is 8.84. The molecule has 1 rings (SSSR count). The highest BCUT2D eigenvalue weighted by Gasteiger charge is 2.28. The van der Waals surface area contributed by atoms with Crippen LogP contribution in [-0.2, 0) is 4.79 Å². The average molecular weight is 288 g/mol. The maximum Gasteiger partial charge on any atom is 0.320 e. The van der Waals surface area contributed by atoms with Crippen molar-refractivity contribution in [2.75, 3.05) is 32.1 Å². The van der Waals surface area contributed by atoms with Crippen LogP contribution in [0.3, 0.4) is 0 Å². The van der Waals surface area contributed by atoms with Gasteiger partial charge in [0.1, 0.15) is 0 Å². The molecule has 0 aliphatic carbocycles. The van der Waals surface area contributed by atoms with Gasteiger partial charge in [-0.1, -0.05) is 0 Å². The number of carboxylic acids is 1. The molecule has 110 valence electrons. The van der Waals surface area contributed by atoms with E-state index in [9.17, 15) is 9.59 Å². The molecule has 0 bridgehead atoms. The number of thioether (sulfide) groups is 1. The zero-order valence-electron chi connectivity index (χ0n) is 12.0. The Labute approximate surface area is 119 Å². The van der Waals surface area contributed by atoms with Gasteiger partial charge in [0.2, 0.25) is 0 Å². The van der Waals surface area contributed by atoms with Crippen LogP contribution >= 0.6 is 11.8 Å². The Morgan fingerprint density at radius 1 is 1.53 bits per heavy atom. The lowest BCUT2D eigenvalue weighted by Gasteiger charge is -2.36. The Kier molecular flexibility index (Phi) is 6.48. The van der Waals surface area contributed by atoms with Crippen LogP contribution in [0.4, 0.5) is 4.79 Å². The van der Waals surface area contributed by atoms with Gasteiger partial charge in [-0.05, 0) is 31.9 Å². The van der Waals surface area contributed by atoms with E-state index in [1.165, 1.54) is 0 Å². The van der Waals surface area contributed by atoms with E-state index in [-0.39, 0.29) is 24.4 Å². The Morgan fingerprint density at radius 2 is 2.21 bits per heavy atom. The van der Waals surface area contributed by atoms with Crippen LogP contribution in [0, 0.1) is 5.92 Å². The van der Waals surface area contributed by atoms with E-state index < -0.39 is 5.97 Å². The SMILES string of the molecule is CSCC(C)N(C)C(=O)N1CCCC(CC(=O)O)C1. The summed E-state index contributed by atoms with van der Waals surface area (Å²) in [6.45, 7) is 3.35. The fourth-order valence-electron chi connectivity index (χ4n) is 2.42. The topological polar surface area (TPSA) is 60.9 Å². The normalized spacial score (nSPS) is 21.0. The molecule has 2 unspecified atom stereocenters. The van der Waals surface area contributed by atoms with Crippen LogP contribution in [-0.4, -0.2) is 65.1 Å². The molecule has 1 saturated heterocycles. The molecule has 2 atom stereocenters. The fourth-order valence-corrected chi connectivity index (χ4v) is 3.12. The first-order chi connectivity index (χ1) is 8.95. The number of carbonyl (C=O) groups excluding carboxylic acids is 1. The van der Waals surface area contributed by atoms with Gasteiger partial charge >= 0.3 is 12.0 Å². The second-order valence-electron chi connectivity index (χ2n) is 5.25.